The van der Waals surface area contributed by atoms with Gasteiger partial charge in [-0.1, -0.05) is 0 Å². The van der Waals surface area contributed by atoms with Crippen LogP contribution in [-0.4, -0.2) is 41.9 Å². The summed E-state index contributed by atoms with van der Waals surface area (Å²) in [5.74, 6) is -0.579. The number of amides is 2. The maximum atomic E-state index is 11.7. The molecular formula is C16H19N3O2. The monoisotopic (exact) mass is 285 g/mol. The van der Waals surface area contributed by atoms with Crippen molar-refractivity contribution in [2.45, 2.75) is 37.8 Å². The third kappa shape index (κ3) is 2.21. The Morgan fingerprint density at radius 3 is 2.86 bits per heavy atom. The van der Waals surface area contributed by atoms with Gasteiger partial charge in [0.05, 0.1) is 11.1 Å². The molecule has 0 spiro atoms. The van der Waals surface area contributed by atoms with Gasteiger partial charge in [0.2, 0.25) is 0 Å². The Hall–Kier alpha value is -1.88. The Morgan fingerprint density at radius 2 is 1.95 bits per heavy atom. The van der Waals surface area contributed by atoms with Crippen LogP contribution in [0.5, 0.6) is 0 Å². The summed E-state index contributed by atoms with van der Waals surface area (Å²) in [7, 11) is 0. The van der Waals surface area contributed by atoms with Crippen molar-refractivity contribution in [3.8, 4) is 0 Å². The van der Waals surface area contributed by atoms with Crippen LogP contribution in [0.25, 0.3) is 0 Å². The van der Waals surface area contributed by atoms with Crippen molar-refractivity contribution in [2.75, 3.05) is 18.4 Å². The second-order valence-electron chi connectivity index (χ2n) is 6.24. The van der Waals surface area contributed by atoms with E-state index in [4.69, 9.17) is 0 Å². The van der Waals surface area contributed by atoms with Crippen molar-refractivity contribution in [3.63, 3.8) is 0 Å². The second kappa shape index (κ2) is 4.84. The van der Waals surface area contributed by atoms with Gasteiger partial charge in [-0.05, 0) is 50.4 Å². The van der Waals surface area contributed by atoms with E-state index in [-0.39, 0.29) is 11.8 Å². The van der Waals surface area contributed by atoms with E-state index in [2.05, 4.69) is 15.5 Å². The first kappa shape index (κ1) is 12.8. The van der Waals surface area contributed by atoms with Crippen LogP contribution in [-0.2, 0) is 0 Å². The highest BCUT2D eigenvalue weighted by molar-refractivity contribution is 6.21. The number of hydrogen-bond acceptors (Lipinski definition) is 4. The van der Waals surface area contributed by atoms with E-state index in [0.717, 1.165) is 24.7 Å². The molecule has 2 atom stereocenters. The van der Waals surface area contributed by atoms with Crippen LogP contribution in [0, 0.1) is 0 Å². The molecule has 3 aliphatic heterocycles. The number of piperidine rings is 1. The number of imide groups is 1. The van der Waals surface area contributed by atoms with Crippen molar-refractivity contribution in [1.29, 1.82) is 0 Å². The highest BCUT2D eigenvalue weighted by atomic mass is 16.2. The summed E-state index contributed by atoms with van der Waals surface area (Å²) < 4.78 is 0. The number of hydrogen-bond donors (Lipinski definition) is 2. The zero-order chi connectivity index (χ0) is 14.4. The molecule has 0 bridgehead atoms. The molecule has 21 heavy (non-hydrogen) atoms. The molecule has 2 N–H and O–H groups in total. The molecule has 1 aromatic rings. The smallest absolute Gasteiger partial charge is 0.259 e. The van der Waals surface area contributed by atoms with Gasteiger partial charge in [-0.3, -0.25) is 14.9 Å². The Bertz CT molecular complexity index is 614. The Balaban J connectivity index is 1.49. The molecule has 0 saturated carbocycles. The van der Waals surface area contributed by atoms with E-state index in [1.165, 1.54) is 25.8 Å². The summed E-state index contributed by atoms with van der Waals surface area (Å²) in [6.45, 7) is 2.41. The molecule has 3 heterocycles. The minimum Gasteiger partial charge on any atom is -0.382 e. The molecule has 3 aliphatic rings. The SMILES string of the molecule is O=C1NC(=O)c2cc(NC3CCN4CCCC4C3)ccc21. The molecule has 0 radical (unpaired) electrons. The molecule has 0 aliphatic carbocycles. The normalized spacial score (nSPS) is 28.2. The molecule has 1 aromatic carbocycles. The molecular weight excluding hydrogens is 266 g/mol. The topological polar surface area (TPSA) is 61.4 Å². The van der Waals surface area contributed by atoms with Crippen molar-refractivity contribution in [1.82, 2.24) is 10.2 Å². The van der Waals surface area contributed by atoms with Crippen molar-refractivity contribution in [2.24, 2.45) is 0 Å². The number of nitrogens with one attached hydrogen (secondary N) is 2. The van der Waals surface area contributed by atoms with Gasteiger partial charge in [-0.25, -0.2) is 0 Å². The van der Waals surface area contributed by atoms with E-state index < -0.39 is 0 Å². The summed E-state index contributed by atoms with van der Waals surface area (Å²) in [5.41, 5.74) is 1.91. The largest absolute Gasteiger partial charge is 0.382 e. The predicted molar refractivity (Wildman–Crippen MR) is 79.5 cm³/mol. The predicted octanol–water partition coefficient (Wildman–Crippen LogP) is 1.61. The summed E-state index contributed by atoms with van der Waals surface area (Å²) in [6.07, 6.45) is 4.93. The molecule has 0 aromatic heterocycles. The molecule has 5 heteroatoms. The number of nitrogens with zero attached hydrogens (tertiary/aromatic N) is 1. The fourth-order valence-corrected chi connectivity index (χ4v) is 3.85. The lowest BCUT2D eigenvalue weighted by molar-refractivity contribution is 0.0879. The lowest BCUT2D eigenvalue weighted by Crippen LogP contribution is -2.42. The first-order chi connectivity index (χ1) is 10.2. The van der Waals surface area contributed by atoms with Crippen LogP contribution in [0.1, 0.15) is 46.4 Å². The van der Waals surface area contributed by atoms with Gasteiger partial charge in [-0.2, -0.15) is 0 Å². The second-order valence-corrected chi connectivity index (χ2v) is 6.24. The third-order valence-corrected chi connectivity index (χ3v) is 4.93. The number of carbonyl (C=O) groups is 2. The van der Waals surface area contributed by atoms with Crippen LogP contribution in [0.2, 0.25) is 0 Å². The molecule has 2 fully saturated rings. The summed E-state index contributed by atoms with van der Waals surface area (Å²) in [6, 6.07) is 6.62. The lowest BCUT2D eigenvalue weighted by atomic mass is 9.97. The van der Waals surface area contributed by atoms with Crippen molar-refractivity contribution < 1.29 is 9.59 Å². The van der Waals surface area contributed by atoms with Crippen LogP contribution in [0.3, 0.4) is 0 Å². The minimum absolute atomic E-state index is 0.288. The van der Waals surface area contributed by atoms with E-state index in [9.17, 15) is 9.59 Å². The van der Waals surface area contributed by atoms with Crippen LogP contribution >= 0.6 is 0 Å². The fraction of sp³-hybridized carbons (Fsp3) is 0.500. The van der Waals surface area contributed by atoms with Gasteiger partial charge >= 0.3 is 0 Å². The maximum Gasteiger partial charge on any atom is 0.259 e. The molecule has 5 nitrogen and oxygen atoms in total. The Kier molecular flexibility index (Phi) is 2.96. The zero-order valence-corrected chi connectivity index (χ0v) is 11.9. The van der Waals surface area contributed by atoms with Crippen LogP contribution in [0.15, 0.2) is 18.2 Å². The summed E-state index contributed by atoms with van der Waals surface area (Å²) in [4.78, 5) is 25.8. The zero-order valence-electron chi connectivity index (χ0n) is 11.9. The number of anilines is 1. The van der Waals surface area contributed by atoms with Crippen LogP contribution in [0.4, 0.5) is 5.69 Å². The van der Waals surface area contributed by atoms with Crippen LogP contribution < -0.4 is 10.6 Å². The average molecular weight is 285 g/mol. The average Bonchev–Trinajstić information content (AvgIpc) is 3.04. The molecule has 110 valence electrons. The molecule has 2 saturated heterocycles. The summed E-state index contributed by atoms with van der Waals surface area (Å²) >= 11 is 0. The molecule has 2 unspecified atom stereocenters. The minimum atomic E-state index is -0.291. The number of benzene rings is 1. The Morgan fingerprint density at radius 1 is 1.10 bits per heavy atom. The first-order valence-electron chi connectivity index (χ1n) is 7.71. The fourth-order valence-electron chi connectivity index (χ4n) is 3.85. The number of carbonyl (C=O) groups excluding carboxylic acids is 2. The van der Waals surface area contributed by atoms with E-state index in [1.54, 1.807) is 12.1 Å². The standard InChI is InChI=1S/C16H19N3O2/c20-15-13-4-3-10(9-14(13)16(21)18-15)17-11-5-7-19-6-1-2-12(19)8-11/h3-4,9,11-12,17H,1-2,5-8H2,(H,18,20,21). The van der Waals surface area contributed by atoms with Gasteiger partial charge in [-0.15, -0.1) is 0 Å². The van der Waals surface area contributed by atoms with Crippen molar-refractivity contribution in [3.05, 3.63) is 29.3 Å². The van der Waals surface area contributed by atoms with E-state index in [0.29, 0.717) is 17.2 Å². The first-order valence-corrected chi connectivity index (χ1v) is 7.71. The number of fused-ring (bicyclic) bond motifs is 2. The van der Waals surface area contributed by atoms with Gasteiger partial charge in [0.1, 0.15) is 0 Å². The maximum absolute atomic E-state index is 11.7. The highest BCUT2D eigenvalue weighted by Gasteiger charge is 2.32. The Labute approximate surface area is 123 Å². The van der Waals surface area contributed by atoms with E-state index in [1.807, 2.05) is 6.07 Å². The van der Waals surface area contributed by atoms with Crippen molar-refractivity contribution >= 4 is 17.5 Å². The van der Waals surface area contributed by atoms with E-state index >= 15 is 0 Å². The molecule has 4 rings (SSSR count). The quantitative estimate of drug-likeness (QED) is 0.810. The summed E-state index contributed by atoms with van der Waals surface area (Å²) in [5, 5.41) is 5.87. The highest BCUT2D eigenvalue weighted by Crippen LogP contribution is 2.29. The van der Waals surface area contributed by atoms with Gasteiger partial charge < -0.3 is 10.2 Å². The van der Waals surface area contributed by atoms with Gasteiger partial charge in [0.15, 0.2) is 0 Å². The molecule has 2 amide bonds. The number of rotatable bonds is 2. The lowest BCUT2D eigenvalue weighted by Gasteiger charge is -2.35. The van der Waals surface area contributed by atoms with Gasteiger partial charge in [0, 0.05) is 24.3 Å². The third-order valence-electron chi connectivity index (χ3n) is 4.93. The van der Waals surface area contributed by atoms with Gasteiger partial charge in [0.25, 0.3) is 11.8 Å².